The maximum absolute atomic E-state index is 12.9. The quantitative estimate of drug-likeness (QED) is 0.929. The standard InChI is InChI=1S/C14H23F3N4/c1-9(2)8-21-12(7-18)19-20-13(21)10-4-3-5-11(6-10)14(15,16)17/h9-11H,3-8,18H2,1-2H3. The van der Waals surface area contributed by atoms with E-state index in [1.165, 1.54) is 0 Å². The largest absolute Gasteiger partial charge is 0.391 e. The number of nitrogens with zero attached hydrogens (tertiary/aromatic N) is 3. The van der Waals surface area contributed by atoms with Gasteiger partial charge in [0.2, 0.25) is 0 Å². The highest BCUT2D eigenvalue weighted by Crippen LogP contribution is 2.43. The van der Waals surface area contributed by atoms with Gasteiger partial charge in [0.25, 0.3) is 0 Å². The highest BCUT2D eigenvalue weighted by molar-refractivity contribution is 5.05. The van der Waals surface area contributed by atoms with Crippen LogP contribution in [0.25, 0.3) is 0 Å². The fourth-order valence-corrected chi connectivity index (χ4v) is 3.09. The first kappa shape index (κ1) is 16.3. The Morgan fingerprint density at radius 2 is 2.00 bits per heavy atom. The number of hydrogen-bond donors (Lipinski definition) is 1. The van der Waals surface area contributed by atoms with Crippen LogP contribution in [0.5, 0.6) is 0 Å². The maximum atomic E-state index is 12.9. The number of rotatable bonds is 4. The summed E-state index contributed by atoms with van der Waals surface area (Å²) in [6, 6.07) is 0. The van der Waals surface area contributed by atoms with E-state index in [0.29, 0.717) is 30.5 Å². The molecule has 0 aromatic carbocycles. The summed E-state index contributed by atoms with van der Waals surface area (Å²) in [5.41, 5.74) is 5.66. The Hall–Kier alpha value is -1.11. The van der Waals surface area contributed by atoms with E-state index in [0.717, 1.165) is 6.42 Å². The van der Waals surface area contributed by atoms with Crippen molar-refractivity contribution in [2.24, 2.45) is 17.6 Å². The number of alkyl halides is 3. The fourth-order valence-electron chi connectivity index (χ4n) is 3.09. The van der Waals surface area contributed by atoms with Gasteiger partial charge in [0, 0.05) is 12.5 Å². The van der Waals surface area contributed by atoms with Gasteiger partial charge in [0.1, 0.15) is 11.6 Å². The Labute approximate surface area is 122 Å². The normalized spacial score (nSPS) is 23.8. The molecule has 1 heterocycles. The van der Waals surface area contributed by atoms with Crippen molar-refractivity contribution >= 4 is 0 Å². The molecule has 1 aliphatic rings. The lowest BCUT2D eigenvalue weighted by Gasteiger charge is -2.30. The molecular weight excluding hydrogens is 281 g/mol. The van der Waals surface area contributed by atoms with E-state index in [1.54, 1.807) is 0 Å². The van der Waals surface area contributed by atoms with Crippen molar-refractivity contribution in [1.29, 1.82) is 0 Å². The predicted octanol–water partition coefficient (Wildman–Crippen LogP) is 3.23. The van der Waals surface area contributed by atoms with Crippen molar-refractivity contribution in [3.63, 3.8) is 0 Å². The second kappa shape index (κ2) is 6.34. The Bertz CT molecular complexity index is 467. The summed E-state index contributed by atoms with van der Waals surface area (Å²) < 4.78 is 40.8. The summed E-state index contributed by atoms with van der Waals surface area (Å²) in [7, 11) is 0. The van der Waals surface area contributed by atoms with Crippen molar-refractivity contribution in [2.75, 3.05) is 0 Å². The van der Waals surface area contributed by atoms with E-state index < -0.39 is 12.1 Å². The van der Waals surface area contributed by atoms with E-state index in [2.05, 4.69) is 24.0 Å². The third-order valence-electron chi connectivity index (χ3n) is 4.09. The van der Waals surface area contributed by atoms with Crippen LogP contribution in [0.3, 0.4) is 0 Å². The molecule has 0 aliphatic heterocycles. The molecule has 1 saturated carbocycles. The Morgan fingerprint density at radius 1 is 1.29 bits per heavy atom. The van der Waals surface area contributed by atoms with E-state index in [1.807, 2.05) is 4.57 Å². The summed E-state index contributed by atoms with van der Waals surface area (Å²) in [6.45, 7) is 5.07. The fraction of sp³-hybridized carbons (Fsp3) is 0.857. The van der Waals surface area contributed by atoms with Crippen LogP contribution in [-0.4, -0.2) is 20.9 Å². The van der Waals surface area contributed by atoms with Crippen LogP contribution >= 0.6 is 0 Å². The summed E-state index contributed by atoms with van der Waals surface area (Å²) >= 11 is 0. The van der Waals surface area contributed by atoms with Crippen molar-refractivity contribution in [3.8, 4) is 0 Å². The first-order valence-electron chi connectivity index (χ1n) is 7.51. The molecule has 1 aromatic rings. The molecule has 2 atom stereocenters. The molecule has 1 fully saturated rings. The van der Waals surface area contributed by atoms with Crippen molar-refractivity contribution in [2.45, 2.75) is 64.7 Å². The average molecular weight is 304 g/mol. The molecule has 7 heteroatoms. The second-order valence-corrected chi connectivity index (χ2v) is 6.29. The highest BCUT2D eigenvalue weighted by atomic mass is 19.4. The van der Waals surface area contributed by atoms with Gasteiger partial charge in [0.15, 0.2) is 0 Å². The van der Waals surface area contributed by atoms with Crippen LogP contribution in [0.2, 0.25) is 0 Å². The van der Waals surface area contributed by atoms with Gasteiger partial charge in [-0.3, -0.25) is 0 Å². The summed E-state index contributed by atoms with van der Waals surface area (Å²) in [4.78, 5) is 0. The zero-order valence-electron chi connectivity index (χ0n) is 12.5. The summed E-state index contributed by atoms with van der Waals surface area (Å²) in [5, 5.41) is 8.20. The van der Waals surface area contributed by atoms with Crippen molar-refractivity contribution in [1.82, 2.24) is 14.8 Å². The van der Waals surface area contributed by atoms with E-state index >= 15 is 0 Å². The minimum atomic E-state index is -4.11. The molecule has 2 unspecified atom stereocenters. The smallest absolute Gasteiger partial charge is 0.324 e. The first-order valence-corrected chi connectivity index (χ1v) is 7.51. The second-order valence-electron chi connectivity index (χ2n) is 6.29. The minimum absolute atomic E-state index is 0.115. The lowest BCUT2D eigenvalue weighted by atomic mass is 9.80. The number of hydrogen-bond acceptors (Lipinski definition) is 3. The topological polar surface area (TPSA) is 56.7 Å². The minimum Gasteiger partial charge on any atom is -0.324 e. The molecular formula is C14H23F3N4. The van der Waals surface area contributed by atoms with Crippen molar-refractivity contribution in [3.05, 3.63) is 11.6 Å². The van der Waals surface area contributed by atoms with Crippen LogP contribution in [0.15, 0.2) is 0 Å². The summed E-state index contributed by atoms with van der Waals surface area (Å²) in [6.07, 6.45) is -2.45. The maximum Gasteiger partial charge on any atom is 0.391 e. The molecule has 120 valence electrons. The lowest BCUT2D eigenvalue weighted by Crippen LogP contribution is -2.29. The molecule has 2 N–H and O–H groups in total. The van der Waals surface area contributed by atoms with Crippen LogP contribution in [0.1, 0.15) is 57.1 Å². The molecule has 1 aliphatic carbocycles. The number of halogens is 3. The molecule has 2 rings (SSSR count). The molecule has 0 bridgehead atoms. The van der Waals surface area contributed by atoms with Gasteiger partial charge in [-0.25, -0.2) is 0 Å². The monoisotopic (exact) mass is 304 g/mol. The van der Waals surface area contributed by atoms with Gasteiger partial charge >= 0.3 is 6.18 Å². The Morgan fingerprint density at radius 3 is 2.57 bits per heavy atom. The average Bonchev–Trinajstić information content (AvgIpc) is 2.80. The number of nitrogens with two attached hydrogens (primary N) is 1. The third kappa shape index (κ3) is 3.75. The third-order valence-corrected chi connectivity index (χ3v) is 4.09. The van der Waals surface area contributed by atoms with Gasteiger partial charge in [0.05, 0.1) is 12.5 Å². The number of aromatic nitrogens is 3. The van der Waals surface area contributed by atoms with Crippen LogP contribution < -0.4 is 5.73 Å². The van der Waals surface area contributed by atoms with E-state index in [4.69, 9.17) is 5.73 Å². The van der Waals surface area contributed by atoms with Gasteiger partial charge < -0.3 is 10.3 Å². The highest BCUT2D eigenvalue weighted by Gasteiger charge is 2.43. The molecule has 0 amide bonds. The SMILES string of the molecule is CC(C)Cn1c(CN)nnc1C1CCCC(C(F)(F)F)C1. The predicted molar refractivity (Wildman–Crippen MR) is 73.5 cm³/mol. The van der Waals surface area contributed by atoms with Gasteiger partial charge in [-0.05, 0) is 25.2 Å². The van der Waals surface area contributed by atoms with Crippen molar-refractivity contribution < 1.29 is 13.2 Å². The van der Waals surface area contributed by atoms with E-state index in [9.17, 15) is 13.2 Å². The Kier molecular flexibility index (Phi) is 4.91. The molecule has 4 nitrogen and oxygen atoms in total. The van der Waals surface area contributed by atoms with Gasteiger partial charge in [-0.1, -0.05) is 20.3 Å². The lowest BCUT2D eigenvalue weighted by molar-refractivity contribution is -0.183. The summed E-state index contributed by atoms with van der Waals surface area (Å²) in [5.74, 6) is 0.316. The van der Waals surface area contributed by atoms with Gasteiger partial charge in [-0.2, -0.15) is 13.2 Å². The molecule has 1 aromatic heterocycles. The molecule has 0 saturated heterocycles. The van der Waals surface area contributed by atoms with E-state index in [-0.39, 0.29) is 25.3 Å². The zero-order chi connectivity index (χ0) is 15.6. The Balaban J connectivity index is 2.22. The molecule has 21 heavy (non-hydrogen) atoms. The molecule has 0 spiro atoms. The van der Waals surface area contributed by atoms with Gasteiger partial charge in [-0.15, -0.1) is 10.2 Å². The van der Waals surface area contributed by atoms with Crippen LogP contribution in [0, 0.1) is 11.8 Å². The molecule has 0 radical (unpaired) electrons. The zero-order valence-corrected chi connectivity index (χ0v) is 12.5. The van der Waals surface area contributed by atoms with Crippen LogP contribution in [0.4, 0.5) is 13.2 Å². The first-order chi connectivity index (χ1) is 9.82. The van der Waals surface area contributed by atoms with Crippen LogP contribution in [-0.2, 0) is 13.1 Å².